The van der Waals surface area contributed by atoms with Gasteiger partial charge in [0, 0.05) is 16.0 Å². The molecule has 0 aliphatic rings. The van der Waals surface area contributed by atoms with E-state index in [1.165, 1.54) is 24.7 Å². The van der Waals surface area contributed by atoms with Gasteiger partial charge in [-0.05, 0) is 31.2 Å². The number of nitrogens with one attached hydrogen (secondary N) is 1. The van der Waals surface area contributed by atoms with E-state index in [1.54, 1.807) is 30.3 Å². The maximum atomic E-state index is 12.4. The second-order valence-corrected chi connectivity index (χ2v) is 7.38. The van der Waals surface area contributed by atoms with Crippen molar-refractivity contribution in [3.63, 3.8) is 0 Å². The van der Waals surface area contributed by atoms with Gasteiger partial charge in [0.25, 0.3) is 5.91 Å². The molecule has 1 N–H and O–H groups in total. The lowest BCUT2D eigenvalue weighted by Crippen LogP contribution is -2.30. The van der Waals surface area contributed by atoms with Crippen molar-refractivity contribution < 1.29 is 18.7 Å². The first-order valence-electron chi connectivity index (χ1n) is 8.57. The largest absolute Gasteiger partial charge is 0.449 e. The summed E-state index contributed by atoms with van der Waals surface area (Å²) in [7, 11) is 0. The molecule has 0 saturated heterocycles. The number of fused-ring (bicyclic) bond motifs is 1. The van der Waals surface area contributed by atoms with Gasteiger partial charge >= 0.3 is 5.97 Å². The lowest BCUT2D eigenvalue weighted by molar-refractivity contribution is -0.123. The van der Waals surface area contributed by atoms with E-state index in [0.29, 0.717) is 26.9 Å². The number of nitrogens with zero attached hydrogens (tertiary/aromatic N) is 2. The third-order valence-electron chi connectivity index (χ3n) is 4.11. The number of carbonyl (C=O) groups excluding carboxylic acids is 2. The summed E-state index contributed by atoms with van der Waals surface area (Å²) in [4.78, 5) is 33.2. The van der Waals surface area contributed by atoms with Crippen molar-refractivity contribution in [3.05, 3.63) is 64.8 Å². The zero-order chi connectivity index (χ0) is 20.4. The van der Waals surface area contributed by atoms with Crippen molar-refractivity contribution >= 4 is 51.0 Å². The van der Waals surface area contributed by atoms with Crippen LogP contribution in [0.25, 0.3) is 22.4 Å². The van der Waals surface area contributed by atoms with E-state index in [2.05, 4.69) is 15.3 Å². The molecule has 29 heavy (non-hydrogen) atoms. The van der Waals surface area contributed by atoms with Crippen molar-refractivity contribution in [1.82, 2.24) is 9.97 Å². The summed E-state index contributed by atoms with van der Waals surface area (Å²) in [6.07, 6.45) is 0.228. The molecule has 9 heteroatoms. The number of amides is 1. The summed E-state index contributed by atoms with van der Waals surface area (Å²) in [5, 5.41) is 5.52. The van der Waals surface area contributed by atoms with Crippen LogP contribution in [0.4, 0.5) is 5.13 Å². The topological polar surface area (TPSA) is 94.3 Å². The average Bonchev–Trinajstić information content (AvgIpc) is 3.37. The van der Waals surface area contributed by atoms with Crippen molar-refractivity contribution in [1.29, 1.82) is 0 Å². The van der Waals surface area contributed by atoms with Gasteiger partial charge < -0.3 is 9.15 Å². The Hall–Kier alpha value is -3.23. The molecule has 1 atom stereocenters. The van der Waals surface area contributed by atoms with Crippen LogP contribution in [0.2, 0.25) is 5.02 Å². The van der Waals surface area contributed by atoms with Gasteiger partial charge in [-0.2, -0.15) is 0 Å². The fourth-order valence-corrected chi connectivity index (χ4v) is 3.47. The van der Waals surface area contributed by atoms with Gasteiger partial charge in [-0.25, -0.2) is 14.8 Å². The fourth-order valence-electron chi connectivity index (χ4n) is 2.62. The van der Waals surface area contributed by atoms with E-state index in [1.807, 2.05) is 17.5 Å². The van der Waals surface area contributed by atoms with Crippen LogP contribution in [0, 0.1) is 0 Å². The molecule has 0 radical (unpaired) electrons. The van der Waals surface area contributed by atoms with Crippen molar-refractivity contribution in [2.75, 3.05) is 5.32 Å². The molecule has 0 aliphatic heterocycles. The molecule has 0 bridgehead atoms. The van der Waals surface area contributed by atoms with Crippen LogP contribution < -0.4 is 5.32 Å². The highest BCUT2D eigenvalue weighted by molar-refractivity contribution is 7.14. The number of aromatic nitrogens is 2. The number of hydrogen-bond donors (Lipinski definition) is 1. The van der Waals surface area contributed by atoms with E-state index in [4.69, 9.17) is 20.8 Å². The van der Waals surface area contributed by atoms with Crippen LogP contribution in [-0.4, -0.2) is 27.9 Å². The quantitative estimate of drug-likeness (QED) is 0.460. The van der Waals surface area contributed by atoms with Gasteiger partial charge in [-0.1, -0.05) is 29.8 Å². The molecule has 0 spiro atoms. The molecule has 0 aliphatic carbocycles. The van der Waals surface area contributed by atoms with Crippen LogP contribution in [0.1, 0.15) is 17.3 Å². The molecular weight excluding hydrogens is 414 g/mol. The minimum atomic E-state index is -1.02. The Morgan fingerprint density at radius 2 is 2.00 bits per heavy atom. The highest BCUT2D eigenvalue weighted by atomic mass is 35.5. The Bertz CT molecular complexity index is 1190. The van der Waals surface area contributed by atoms with Crippen LogP contribution in [0.5, 0.6) is 0 Å². The van der Waals surface area contributed by atoms with Crippen LogP contribution in [0.3, 0.4) is 0 Å². The summed E-state index contributed by atoms with van der Waals surface area (Å²) in [6.45, 7) is 1.49. The number of esters is 1. The summed E-state index contributed by atoms with van der Waals surface area (Å²) < 4.78 is 10.5. The van der Waals surface area contributed by atoms with Gasteiger partial charge in [-0.15, -0.1) is 11.3 Å². The molecule has 146 valence electrons. The summed E-state index contributed by atoms with van der Waals surface area (Å²) >= 11 is 7.17. The number of benzene rings is 2. The van der Waals surface area contributed by atoms with E-state index in [9.17, 15) is 9.59 Å². The average molecular weight is 428 g/mol. The first-order chi connectivity index (χ1) is 14.0. The van der Waals surface area contributed by atoms with Gasteiger partial charge in [0.05, 0.1) is 11.3 Å². The summed E-state index contributed by atoms with van der Waals surface area (Å²) in [5.41, 5.74) is 2.68. The number of thiazole rings is 1. The molecule has 4 aromatic rings. The predicted octanol–water partition coefficient (Wildman–Crippen LogP) is 4.79. The molecule has 2 aromatic heterocycles. The van der Waals surface area contributed by atoms with E-state index >= 15 is 0 Å². The monoisotopic (exact) mass is 427 g/mol. The molecular formula is C20H14ClN3O4S. The Morgan fingerprint density at radius 1 is 1.21 bits per heavy atom. The first-order valence-corrected chi connectivity index (χ1v) is 9.82. The number of halogens is 1. The molecule has 0 fully saturated rings. The van der Waals surface area contributed by atoms with E-state index < -0.39 is 18.0 Å². The van der Waals surface area contributed by atoms with Gasteiger partial charge in [-0.3, -0.25) is 10.1 Å². The number of anilines is 1. The zero-order valence-electron chi connectivity index (χ0n) is 15.1. The third kappa shape index (κ3) is 4.13. The Labute approximate surface area is 174 Å². The number of carbonyl (C=O) groups is 2. The number of para-hydroxylation sites is 1. The number of ether oxygens (including phenoxy) is 1. The second-order valence-electron chi connectivity index (χ2n) is 6.09. The van der Waals surface area contributed by atoms with Crippen LogP contribution in [0.15, 0.2) is 58.7 Å². The van der Waals surface area contributed by atoms with Crippen molar-refractivity contribution in [2.24, 2.45) is 0 Å². The van der Waals surface area contributed by atoms with Gasteiger partial charge in [0.2, 0.25) is 0 Å². The number of rotatable bonds is 5. The van der Waals surface area contributed by atoms with Crippen molar-refractivity contribution in [3.8, 4) is 11.3 Å². The Morgan fingerprint density at radius 3 is 2.79 bits per heavy atom. The molecule has 1 amide bonds. The fraction of sp³-hybridized carbons (Fsp3) is 0.100. The summed E-state index contributed by atoms with van der Waals surface area (Å²) in [6, 6.07) is 12.1. The minimum Gasteiger partial charge on any atom is -0.449 e. The molecule has 0 saturated carbocycles. The third-order valence-corrected chi connectivity index (χ3v) is 5.12. The minimum absolute atomic E-state index is 0.232. The molecule has 1 unspecified atom stereocenters. The molecule has 2 aromatic carbocycles. The highest BCUT2D eigenvalue weighted by Crippen LogP contribution is 2.26. The lowest BCUT2D eigenvalue weighted by Gasteiger charge is -2.12. The van der Waals surface area contributed by atoms with Crippen LogP contribution in [-0.2, 0) is 9.53 Å². The van der Waals surface area contributed by atoms with Gasteiger partial charge in [0.15, 0.2) is 23.2 Å². The molecule has 2 heterocycles. The SMILES string of the molecule is CC(OC(=O)c1cccc2ocnc12)C(=O)Nc1nc(-c2ccc(Cl)cc2)cs1. The standard InChI is InChI=1S/C20H14ClN3O4S/c1-11(28-19(26)14-3-2-4-16-17(14)22-10-27-16)18(25)24-20-23-15(9-29-20)12-5-7-13(21)8-6-12/h2-11H,1H3,(H,23,24,25). The lowest BCUT2D eigenvalue weighted by atomic mass is 10.2. The normalized spacial score (nSPS) is 11.9. The Kier molecular flexibility index (Phi) is 5.28. The molecule has 4 rings (SSSR count). The number of oxazole rings is 1. The van der Waals surface area contributed by atoms with Gasteiger partial charge in [0.1, 0.15) is 5.52 Å². The van der Waals surface area contributed by atoms with Crippen LogP contribution >= 0.6 is 22.9 Å². The molecule has 7 nitrogen and oxygen atoms in total. The second kappa shape index (κ2) is 8.02. The predicted molar refractivity (Wildman–Crippen MR) is 110 cm³/mol. The van der Waals surface area contributed by atoms with E-state index in [0.717, 1.165) is 5.56 Å². The highest BCUT2D eigenvalue weighted by Gasteiger charge is 2.22. The number of hydrogen-bond acceptors (Lipinski definition) is 7. The van der Waals surface area contributed by atoms with E-state index in [-0.39, 0.29) is 5.56 Å². The van der Waals surface area contributed by atoms with Crippen molar-refractivity contribution in [2.45, 2.75) is 13.0 Å². The zero-order valence-corrected chi connectivity index (χ0v) is 16.7. The maximum Gasteiger partial charge on any atom is 0.341 e. The summed E-state index contributed by atoms with van der Waals surface area (Å²) in [5.74, 6) is -1.14. The maximum absolute atomic E-state index is 12.4. The smallest absolute Gasteiger partial charge is 0.341 e. The Balaban J connectivity index is 1.41. The first kappa shape index (κ1) is 19.1.